The summed E-state index contributed by atoms with van der Waals surface area (Å²) in [6.45, 7) is 3.67. The Morgan fingerprint density at radius 3 is 2.39 bits per heavy atom. The molecule has 7 nitrogen and oxygen atoms in total. The first-order valence-corrected chi connectivity index (χ1v) is 11.6. The molecule has 7 heteroatoms. The predicted octanol–water partition coefficient (Wildman–Crippen LogP) is 3.88. The molecule has 1 fully saturated rings. The second-order valence-corrected chi connectivity index (χ2v) is 9.29. The van der Waals surface area contributed by atoms with Crippen molar-refractivity contribution >= 4 is 17.7 Å². The van der Waals surface area contributed by atoms with Gasteiger partial charge in [0.1, 0.15) is 17.8 Å². The van der Waals surface area contributed by atoms with Crippen LogP contribution in [0.4, 0.5) is 0 Å². The number of methoxy groups -OCH3 is 1. The standard InChI is InChI=1S/C26H31NO6/c1-14-13-19-23(24(29)20(14)25(30)32-3)22(16-9-11-17(28)12-10-16)21(15(2)27-19)26(31)33-18-7-5-4-6-8-18/h9-12,14,18,20,22,27-28H,4-8,13H2,1-3H3/t14-,20-,22+/m1/s1. The monoisotopic (exact) mass is 453 g/mol. The van der Waals surface area contributed by atoms with Gasteiger partial charge in [0.15, 0.2) is 5.78 Å². The first kappa shape index (κ1) is 23.1. The minimum absolute atomic E-state index is 0.0879. The fourth-order valence-corrected chi connectivity index (χ4v) is 5.35. The molecule has 176 valence electrons. The van der Waals surface area contributed by atoms with Crippen LogP contribution in [-0.2, 0) is 23.9 Å². The van der Waals surface area contributed by atoms with Crippen LogP contribution in [0.15, 0.2) is 46.8 Å². The summed E-state index contributed by atoms with van der Waals surface area (Å²) in [6, 6.07) is 6.47. The first-order chi connectivity index (χ1) is 15.8. The summed E-state index contributed by atoms with van der Waals surface area (Å²) in [6.07, 6.45) is 5.23. The van der Waals surface area contributed by atoms with Gasteiger partial charge >= 0.3 is 11.9 Å². The molecule has 0 bridgehead atoms. The highest BCUT2D eigenvalue weighted by Gasteiger charge is 2.47. The smallest absolute Gasteiger partial charge is 0.337 e. The van der Waals surface area contributed by atoms with E-state index in [1.54, 1.807) is 12.1 Å². The molecule has 2 N–H and O–H groups in total. The Morgan fingerprint density at radius 1 is 1.09 bits per heavy atom. The molecule has 1 saturated carbocycles. The molecule has 1 aromatic rings. The van der Waals surface area contributed by atoms with Crippen LogP contribution in [0.1, 0.15) is 63.9 Å². The number of benzene rings is 1. The van der Waals surface area contributed by atoms with Gasteiger partial charge < -0.3 is 19.9 Å². The minimum Gasteiger partial charge on any atom is -0.508 e. The Kier molecular flexibility index (Phi) is 6.58. The van der Waals surface area contributed by atoms with Gasteiger partial charge in [-0.1, -0.05) is 25.5 Å². The number of hydrogen-bond donors (Lipinski definition) is 2. The second-order valence-electron chi connectivity index (χ2n) is 9.29. The fraction of sp³-hybridized carbons (Fsp3) is 0.500. The van der Waals surface area contributed by atoms with E-state index in [0.29, 0.717) is 28.8 Å². The summed E-state index contributed by atoms with van der Waals surface area (Å²) in [5.41, 5.74) is 2.82. The van der Waals surface area contributed by atoms with Gasteiger partial charge in [-0.2, -0.15) is 0 Å². The maximum atomic E-state index is 13.7. The molecule has 0 radical (unpaired) electrons. The van der Waals surface area contributed by atoms with Crippen LogP contribution in [0.5, 0.6) is 5.75 Å². The summed E-state index contributed by atoms with van der Waals surface area (Å²) in [7, 11) is 1.28. The van der Waals surface area contributed by atoms with Crippen LogP contribution in [0.2, 0.25) is 0 Å². The normalized spacial score (nSPS) is 25.9. The van der Waals surface area contributed by atoms with Crippen molar-refractivity contribution < 1.29 is 29.0 Å². The van der Waals surface area contributed by atoms with Crippen LogP contribution in [0, 0.1) is 11.8 Å². The molecule has 0 unspecified atom stereocenters. The number of ether oxygens (including phenoxy) is 2. The maximum absolute atomic E-state index is 13.7. The molecule has 1 heterocycles. The van der Waals surface area contributed by atoms with Crippen molar-refractivity contribution in [2.75, 3.05) is 7.11 Å². The number of phenolic OH excluding ortho intramolecular Hbond substituents is 1. The molecular weight excluding hydrogens is 422 g/mol. The molecule has 33 heavy (non-hydrogen) atoms. The number of Topliss-reactive ketones (excluding diaryl/α,β-unsaturated/α-hetero) is 1. The maximum Gasteiger partial charge on any atom is 0.337 e. The van der Waals surface area contributed by atoms with E-state index in [0.717, 1.165) is 37.8 Å². The molecule has 1 aliphatic heterocycles. The van der Waals surface area contributed by atoms with Crippen molar-refractivity contribution in [3.8, 4) is 5.75 Å². The van der Waals surface area contributed by atoms with E-state index in [9.17, 15) is 19.5 Å². The van der Waals surface area contributed by atoms with Gasteiger partial charge in [0.2, 0.25) is 0 Å². The highest BCUT2D eigenvalue weighted by molar-refractivity contribution is 6.12. The van der Waals surface area contributed by atoms with E-state index in [1.165, 1.54) is 19.2 Å². The summed E-state index contributed by atoms with van der Waals surface area (Å²) in [5, 5.41) is 13.1. The fourth-order valence-electron chi connectivity index (χ4n) is 5.35. The Morgan fingerprint density at radius 2 is 1.76 bits per heavy atom. The number of rotatable bonds is 4. The lowest BCUT2D eigenvalue weighted by Crippen LogP contribution is -2.43. The zero-order valence-electron chi connectivity index (χ0n) is 19.3. The number of phenols is 1. The van der Waals surface area contributed by atoms with E-state index >= 15 is 0 Å². The molecule has 2 aliphatic carbocycles. The molecule has 0 amide bonds. The molecule has 0 saturated heterocycles. The van der Waals surface area contributed by atoms with Gasteiger partial charge in [0, 0.05) is 22.9 Å². The number of allylic oxidation sites excluding steroid dienone is 3. The lowest BCUT2D eigenvalue weighted by Gasteiger charge is -2.38. The molecule has 0 aromatic heterocycles. The predicted molar refractivity (Wildman–Crippen MR) is 121 cm³/mol. The van der Waals surface area contributed by atoms with Crippen molar-refractivity contribution in [3.63, 3.8) is 0 Å². The van der Waals surface area contributed by atoms with Gasteiger partial charge in [-0.15, -0.1) is 0 Å². The number of hydrogen-bond acceptors (Lipinski definition) is 7. The molecule has 1 aromatic carbocycles. The average Bonchev–Trinajstić information content (AvgIpc) is 2.79. The SMILES string of the molecule is COC(=O)[C@H]1C(=O)C2=C(C[C@H]1C)NC(C)=C(C(=O)OC1CCCCC1)[C@@H]2c1ccc(O)cc1. The van der Waals surface area contributed by atoms with Gasteiger partial charge in [-0.05, 0) is 62.6 Å². The number of esters is 2. The minimum atomic E-state index is -0.927. The van der Waals surface area contributed by atoms with Crippen molar-refractivity contribution in [1.82, 2.24) is 5.32 Å². The highest BCUT2D eigenvalue weighted by Crippen LogP contribution is 2.46. The number of carbonyl (C=O) groups excluding carboxylic acids is 3. The third-order valence-electron chi connectivity index (χ3n) is 7.02. The average molecular weight is 454 g/mol. The summed E-state index contributed by atoms with van der Waals surface area (Å²) < 4.78 is 10.8. The van der Waals surface area contributed by atoms with Gasteiger partial charge in [0.25, 0.3) is 0 Å². The molecule has 0 spiro atoms. The van der Waals surface area contributed by atoms with Gasteiger partial charge in [0.05, 0.1) is 12.7 Å². The van der Waals surface area contributed by atoms with E-state index < -0.39 is 23.8 Å². The number of carbonyl (C=O) groups is 3. The first-order valence-electron chi connectivity index (χ1n) is 11.6. The summed E-state index contributed by atoms with van der Waals surface area (Å²) in [5.74, 6) is -3.12. The van der Waals surface area contributed by atoms with Crippen LogP contribution < -0.4 is 5.32 Å². The van der Waals surface area contributed by atoms with Crippen molar-refractivity contribution in [1.29, 1.82) is 0 Å². The van der Waals surface area contributed by atoms with Crippen molar-refractivity contribution in [3.05, 3.63) is 52.4 Å². The topological polar surface area (TPSA) is 102 Å². The van der Waals surface area contributed by atoms with E-state index in [2.05, 4.69) is 5.32 Å². The van der Waals surface area contributed by atoms with E-state index in [-0.39, 0.29) is 23.6 Å². The highest BCUT2D eigenvalue weighted by atomic mass is 16.5. The molecule has 3 atom stereocenters. The Hall–Kier alpha value is -3.09. The lowest BCUT2D eigenvalue weighted by molar-refractivity contribution is -0.151. The number of dihydropyridines is 1. The largest absolute Gasteiger partial charge is 0.508 e. The second kappa shape index (κ2) is 9.41. The lowest BCUT2D eigenvalue weighted by atomic mass is 9.69. The third-order valence-corrected chi connectivity index (χ3v) is 7.02. The third kappa shape index (κ3) is 4.41. The zero-order valence-corrected chi connectivity index (χ0v) is 19.3. The van der Waals surface area contributed by atoms with E-state index in [1.807, 2.05) is 13.8 Å². The zero-order chi connectivity index (χ0) is 23.7. The molecule has 4 rings (SSSR count). The summed E-state index contributed by atoms with van der Waals surface area (Å²) >= 11 is 0. The number of ketones is 1. The van der Waals surface area contributed by atoms with Gasteiger partial charge in [-0.3, -0.25) is 9.59 Å². The van der Waals surface area contributed by atoms with Crippen LogP contribution in [-0.4, -0.2) is 36.0 Å². The Balaban J connectivity index is 1.77. The molecule has 3 aliphatic rings. The summed E-state index contributed by atoms with van der Waals surface area (Å²) in [4.78, 5) is 39.6. The van der Waals surface area contributed by atoms with Crippen molar-refractivity contribution in [2.45, 2.75) is 64.4 Å². The van der Waals surface area contributed by atoms with Gasteiger partial charge in [-0.25, -0.2) is 4.79 Å². The molecular formula is C26H31NO6. The van der Waals surface area contributed by atoms with E-state index in [4.69, 9.17) is 9.47 Å². The number of aromatic hydroxyl groups is 1. The Labute approximate surface area is 193 Å². The quantitative estimate of drug-likeness (QED) is 0.527. The van der Waals surface area contributed by atoms with Crippen LogP contribution >= 0.6 is 0 Å². The Bertz CT molecular complexity index is 1020. The van der Waals surface area contributed by atoms with Crippen LogP contribution in [0.3, 0.4) is 0 Å². The number of nitrogens with one attached hydrogen (secondary N) is 1. The van der Waals surface area contributed by atoms with Crippen LogP contribution in [0.25, 0.3) is 0 Å². The van der Waals surface area contributed by atoms with Crippen molar-refractivity contribution in [2.24, 2.45) is 11.8 Å².